The molecular formula is C62H113NO5. The van der Waals surface area contributed by atoms with Crippen LogP contribution in [0, 0.1) is 0 Å². The standard InChI is InChI=1S/C62H113NO5/c1-3-5-7-9-11-13-15-17-19-21-22-24-28-32-36-40-44-48-52-56-62(67)68-57-53-49-45-41-37-33-29-25-27-31-35-39-43-47-51-55-61(66)63-59(58-64)60(65)54-50-46-42-38-34-30-26-23-20-18-16-14-12-10-8-6-4-2/h11,13,17,19,25,29,33,37,50,54,59-60,64-65H,3-10,12,14-16,18,20-24,26-28,30-32,34-36,38-49,51-53,55-58H2,1-2H3,(H,63,66)/b13-11-,19-17-,29-25-,37-33-,54-50+. The van der Waals surface area contributed by atoms with Crippen LogP contribution in [0.5, 0.6) is 0 Å². The second kappa shape index (κ2) is 57.1. The van der Waals surface area contributed by atoms with E-state index in [-0.39, 0.29) is 18.5 Å². The number of allylic oxidation sites excluding steroid dienone is 9. The first kappa shape index (κ1) is 65.6. The van der Waals surface area contributed by atoms with Crippen molar-refractivity contribution < 1.29 is 24.5 Å². The predicted octanol–water partition coefficient (Wildman–Crippen LogP) is 18.4. The highest BCUT2D eigenvalue weighted by Gasteiger charge is 2.18. The van der Waals surface area contributed by atoms with E-state index in [1.165, 1.54) is 186 Å². The molecule has 2 unspecified atom stereocenters. The van der Waals surface area contributed by atoms with Crippen LogP contribution in [0.4, 0.5) is 0 Å². The first-order chi connectivity index (χ1) is 33.5. The van der Waals surface area contributed by atoms with E-state index >= 15 is 0 Å². The molecular weight excluding hydrogens is 839 g/mol. The lowest BCUT2D eigenvalue weighted by Gasteiger charge is -2.20. The van der Waals surface area contributed by atoms with Gasteiger partial charge < -0.3 is 20.3 Å². The lowest BCUT2D eigenvalue weighted by atomic mass is 10.0. The van der Waals surface area contributed by atoms with Crippen molar-refractivity contribution in [2.45, 2.75) is 309 Å². The Balaban J connectivity index is 3.54. The van der Waals surface area contributed by atoms with Gasteiger partial charge in [0.05, 0.1) is 25.4 Å². The summed E-state index contributed by atoms with van der Waals surface area (Å²) in [5, 5.41) is 23.1. The van der Waals surface area contributed by atoms with Gasteiger partial charge in [0.15, 0.2) is 0 Å². The molecule has 0 saturated heterocycles. The highest BCUT2D eigenvalue weighted by Crippen LogP contribution is 2.16. The zero-order chi connectivity index (χ0) is 49.3. The third kappa shape index (κ3) is 52.9. The molecule has 6 heteroatoms. The Morgan fingerprint density at radius 2 is 0.779 bits per heavy atom. The van der Waals surface area contributed by atoms with Crippen LogP contribution in [-0.2, 0) is 14.3 Å². The van der Waals surface area contributed by atoms with Crippen molar-refractivity contribution in [2.75, 3.05) is 13.2 Å². The minimum atomic E-state index is -0.861. The van der Waals surface area contributed by atoms with Gasteiger partial charge in [-0.25, -0.2) is 0 Å². The van der Waals surface area contributed by atoms with Crippen LogP contribution < -0.4 is 5.32 Å². The maximum atomic E-state index is 12.5. The molecule has 0 radical (unpaired) electrons. The largest absolute Gasteiger partial charge is 0.466 e. The summed E-state index contributed by atoms with van der Waals surface area (Å²) in [5.41, 5.74) is 0. The van der Waals surface area contributed by atoms with Crippen LogP contribution >= 0.6 is 0 Å². The van der Waals surface area contributed by atoms with E-state index in [0.717, 1.165) is 83.5 Å². The number of carbonyl (C=O) groups is 2. The molecule has 0 aromatic rings. The van der Waals surface area contributed by atoms with Crippen molar-refractivity contribution in [3.8, 4) is 0 Å². The zero-order valence-electron chi connectivity index (χ0n) is 45.1. The van der Waals surface area contributed by atoms with Crippen molar-refractivity contribution in [2.24, 2.45) is 0 Å². The number of nitrogens with one attached hydrogen (secondary N) is 1. The van der Waals surface area contributed by atoms with Crippen molar-refractivity contribution in [1.82, 2.24) is 5.32 Å². The summed E-state index contributed by atoms with van der Waals surface area (Å²) in [7, 11) is 0. The van der Waals surface area contributed by atoms with Crippen LogP contribution in [0.2, 0.25) is 0 Å². The van der Waals surface area contributed by atoms with E-state index in [0.29, 0.717) is 19.4 Å². The molecule has 1 amide bonds. The Hall–Kier alpha value is -2.44. The van der Waals surface area contributed by atoms with Gasteiger partial charge in [0.1, 0.15) is 0 Å². The molecule has 0 bridgehead atoms. The third-order valence-electron chi connectivity index (χ3n) is 13.3. The molecule has 0 aliphatic carbocycles. The van der Waals surface area contributed by atoms with E-state index in [9.17, 15) is 19.8 Å². The van der Waals surface area contributed by atoms with E-state index in [1.54, 1.807) is 6.08 Å². The number of amides is 1. The average molecular weight is 953 g/mol. The number of hydrogen-bond acceptors (Lipinski definition) is 5. The number of unbranched alkanes of at least 4 members (excludes halogenated alkanes) is 36. The molecule has 0 aliphatic heterocycles. The van der Waals surface area contributed by atoms with Gasteiger partial charge in [-0.3, -0.25) is 9.59 Å². The molecule has 0 aromatic carbocycles. The van der Waals surface area contributed by atoms with Gasteiger partial charge in [0, 0.05) is 12.8 Å². The number of rotatable bonds is 54. The molecule has 396 valence electrons. The third-order valence-corrected chi connectivity index (χ3v) is 13.3. The molecule has 0 fully saturated rings. The summed E-state index contributed by atoms with van der Waals surface area (Å²) in [5.74, 6) is -0.118. The summed E-state index contributed by atoms with van der Waals surface area (Å²) in [6.45, 7) is 4.82. The minimum Gasteiger partial charge on any atom is -0.466 e. The average Bonchev–Trinajstić information content (AvgIpc) is 3.34. The summed E-state index contributed by atoms with van der Waals surface area (Å²) >= 11 is 0. The Labute approximate surface area is 422 Å². The first-order valence-electron chi connectivity index (χ1n) is 29.6. The lowest BCUT2D eigenvalue weighted by molar-refractivity contribution is -0.143. The fourth-order valence-corrected chi connectivity index (χ4v) is 8.71. The number of ether oxygens (including phenoxy) is 1. The maximum absolute atomic E-state index is 12.5. The molecule has 3 N–H and O–H groups in total. The second-order valence-electron chi connectivity index (χ2n) is 20.0. The fourth-order valence-electron chi connectivity index (χ4n) is 8.71. The highest BCUT2D eigenvalue weighted by atomic mass is 16.5. The van der Waals surface area contributed by atoms with E-state index in [1.807, 2.05) is 6.08 Å². The van der Waals surface area contributed by atoms with Gasteiger partial charge in [0.2, 0.25) is 5.91 Å². The smallest absolute Gasteiger partial charge is 0.305 e. The molecule has 0 aromatic heterocycles. The van der Waals surface area contributed by atoms with Crippen LogP contribution in [0.3, 0.4) is 0 Å². The SMILES string of the molecule is CCCCC/C=C\C/C=C\CCCCCCCCCCCC(=O)OCCCCC/C=C\C=C/CCCCCCCCC(=O)NC(CO)C(O)/C=C/CCCCCCCCCCCCCCCCC. The fraction of sp³-hybridized carbons (Fsp3) is 0.806. The van der Waals surface area contributed by atoms with Crippen LogP contribution in [0.25, 0.3) is 0 Å². The summed E-state index contributed by atoms with van der Waals surface area (Å²) < 4.78 is 5.46. The van der Waals surface area contributed by atoms with E-state index in [2.05, 4.69) is 67.8 Å². The predicted molar refractivity (Wildman–Crippen MR) is 296 cm³/mol. The van der Waals surface area contributed by atoms with Crippen molar-refractivity contribution >= 4 is 11.9 Å². The highest BCUT2D eigenvalue weighted by molar-refractivity contribution is 5.76. The second-order valence-corrected chi connectivity index (χ2v) is 20.0. The lowest BCUT2D eigenvalue weighted by Crippen LogP contribution is -2.45. The quantitative estimate of drug-likeness (QED) is 0.0244. The molecule has 0 rings (SSSR count). The normalized spacial score (nSPS) is 13.1. The molecule has 2 atom stereocenters. The zero-order valence-corrected chi connectivity index (χ0v) is 45.1. The molecule has 0 spiro atoms. The molecule has 0 heterocycles. The summed E-state index contributed by atoms with van der Waals surface area (Å²) in [6, 6.07) is -0.646. The Bertz CT molecular complexity index is 1190. The van der Waals surface area contributed by atoms with Crippen molar-refractivity contribution in [3.05, 3.63) is 60.8 Å². The number of aliphatic hydroxyl groups is 2. The Morgan fingerprint density at radius 3 is 1.24 bits per heavy atom. The van der Waals surface area contributed by atoms with Crippen LogP contribution in [0.15, 0.2) is 60.8 Å². The topological polar surface area (TPSA) is 95.9 Å². The number of esters is 1. The molecule has 6 nitrogen and oxygen atoms in total. The maximum Gasteiger partial charge on any atom is 0.305 e. The van der Waals surface area contributed by atoms with Gasteiger partial charge in [-0.05, 0) is 96.3 Å². The summed E-state index contributed by atoms with van der Waals surface area (Å²) in [4.78, 5) is 24.5. The minimum absolute atomic E-state index is 0.0272. The van der Waals surface area contributed by atoms with Gasteiger partial charge in [-0.1, -0.05) is 248 Å². The van der Waals surface area contributed by atoms with Crippen molar-refractivity contribution in [1.29, 1.82) is 0 Å². The van der Waals surface area contributed by atoms with Crippen molar-refractivity contribution in [3.63, 3.8) is 0 Å². The summed E-state index contributed by atoms with van der Waals surface area (Å²) in [6.07, 6.45) is 73.8. The molecule has 68 heavy (non-hydrogen) atoms. The number of carbonyl (C=O) groups excluding carboxylic acids is 2. The van der Waals surface area contributed by atoms with Gasteiger partial charge in [-0.2, -0.15) is 0 Å². The van der Waals surface area contributed by atoms with Gasteiger partial charge in [-0.15, -0.1) is 0 Å². The van der Waals surface area contributed by atoms with Crippen LogP contribution in [-0.4, -0.2) is 47.4 Å². The van der Waals surface area contributed by atoms with Crippen LogP contribution in [0.1, 0.15) is 296 Å². The van der Waals surface area contributed by atoms with E-state index < -0.39 is 12.1 Å². The number of hydrogen-bond donors (Lipinski definition) is 3. The molecule has 0 saturated carbocycles. The molecule has 0 aliphatic rings. The van der Waals surface area contributed by atoms with Gasteiger partial charge >= 0.3 is 5.97 Å². The Morgan fingerprint density at radius 1 is 0.426 bits per heavy atom. The van der Waals surface area contributed by atoms with Gasteiger partial charge in [0.25, 0.3) is 0 Å². The number of aliphatic hydroxyl groups excluding tert-OH is 2. The Kier molecular flexibility index (Phi) is 55.1. The van der Waals surface area contributed by atoms with E-state index in [4.69, 9.17) is 4.74 Å². The monoisotopic (exact) mass is 952 g/mol. The first-order valence-corrected chi connectivity index (χ1v) is 29.6.